The number of rotatable bonds is 6. The summed E-state index contributed by atoms with van der Waals surface area (Å²) in [4.78, 5) is 46.0. The molecule has 3 aliphatic rings. The molecule has 198 valence electrons. The SMILES string of the molecule is CCCN1C(=O)c2cc(C(=O)N3CCN(c4cccc(Cl)c4)CC3)nn2CC1(C)C(=O)NC1CCCC1. The minimum atomic E-state index is -1.06. The Morgan fingerprint density at radius 1 is 1.14 bits per heavy atom. The van der Waals surface area contributed by atoms with Gasteiger partial charge in [-0.1, -0.05) is 37.4 Å². The molecular weight excluding hydrogens is 492 g/mol. The average molecular weight is 527 g/mol. The standard InChI is InChI=1S/C27H35ClN6O3/c1-3-11-33-25(36)23-17-22(30-34(23)18-27(33,2)26(37)29-20-8-4-5-9-20)24(35)32-14-12-31(13-15-32)21-10-6-7-19(28)16-21/h6-7,10,16-17,20H,3-5,8-9,11-15,18H2,1-2H3,(H,29,37). The van der Waals surface area contributed by atoms with Gasteiger partial charge < -0.3 is 20.0 Å². The van der Waals surface area contributed by atoms with Gasteiger partial charge in [0.05, 0.1) is 6.54 Å². The molecule has 0 radical (unpaired) electrons. The molecule has 1 unspecified atom stereocenters. The Balaban J connectivity index is 1.31. The zero-order valence-electron chi connectivity index (χ0n) is 21.6. The van der Waals surface area contributed by atoms with Gasteiger partial charge in [-0.15, -0.1) is 0 Å². The van der Waals surface area contributed by atoms with E-state index in [0.29, 0.717) is 43.4 Å². The lowest BCUT2D eigenvalue weighted by molar-refractivity contribution is -0.133. The molecule has 1 saturated carbocycles. The number of halogens is 1. The van der Waals surface area contributed by atoms with Gasteiger partial charge in [-0.2, -0.15) is 5.10 Å². The number of nitrogens with zero attached hydrogens (tertiary/aromatic N) is 5. The Labute approximate surface area is 222 Å². The molecule has 2 aromatic rings. The van der Waals surface area contributed by atoms with Crippen molar-refractivity contribution in [2.75, 3.05) is 37.6 Å². The van der Waals surface area contributed by atoms with Crippen LogP contribution in [0.4, 0.5) is 5.69 Å². The van der Waals surface area contributed by atoms with Crippen LogP contribution in [0.15, 0.2) is 30.3 Å². The molecule has 1 aliphatic carbocycles. The highest BCUT2D eigenvalue weighted by molar-refractivity contribution is 6.30. The Hall–Kier alpha value is -3.07. The van der Waals surface area contributed by atoms with E-state index in [1.54, 1.807) is 20.5 Å². The molecule has 3 amide bonds. The number of hydrogen-bond acceptors (Lipinski definition) is 5. The lowest BCUT2D eigenvalue weighted by Crippen LogP contribution is -2.65. The van der Waals surface area contributed by atoms with Gasteiger partial charge in [0.15, 0.2) is 5.69 Å². The van der Waals surface area contributed by atoms with E-state index in [1.807, 2.05) is 38.1 Å². The maximum atomic E-state index is 13.5. The molecule has 0 spiro atoms. The van der Waals surface area contributed by atoms with Crippen molar-refractivity contribution >= 4 is 35.0 Å². The van der Waals surface area contributed by atoms with Crippen LogP contribution in [-0.4, -0.2) is 81.6 Å². The van der Waals surface area contributed by atoms with Gasteiger partial charge in [0.25, 0.3) is 11.8 Å². The van der Waals surface area contributed by atoms with Crippen LogP contribution >= 0.6 is 11.6 Å². The predicted molar refractivity (Wildman–Crippen MR) is 142 cm³/mol. The fraction of sp³-hybridized carbons (Fsp3) is 0.556. The maximum absolute atomic E-state index is 13.5. The number of piperazine rings is 1. The molecule has 2 fully saturated rings. The van der Waals surface area contributed by atoms with Crippen molar-refractivity contribution in [3.05, 3.63) is 46.7 Å². The quantitative estimate of drug-likeness (QED) is 0.624. The molecule has 1 saturated heterocycles. The lowest BCUT2D eigenvalue weighted by atomic mass is 9.94. The van der Waals surface area contributed by atoms with Gasteiger partial charge in [-0.05, 0) is 44.4 Å². The van der Waals surface area contributed by atoms with E-state index < -0.39 is 5.54 Å². The molecule has 1 aromatic heterocycles. The Kier molecular flexibility index (Phi) is 7.16. The first-order chi connectivity index (χ1) is 17.8. The van der Waals surface area contributed by atoms with Crippen LogP contribution < -0.4 is 10.2 Å². The minimum Gasteiger partial charge on any atom is -0.368 e. The highest BCUT2D eigenvalue weighted by atomic mass is 35.5. The Morgan fingerprint density at radius 2 is 1.86 bits per heavy atom. The van der Waals surface area contributed by atoms with Gasteiger partial charge >= 0.3 is 0 Å². The number of nitrogens with one attached hydrogen (secondary N) is 1. The van der Waals surface area contributed by atoms with Crippen LogP contribution in [0.25, 0.3) is 0 Å². The summed E-state index contributed by atoms with van der Waals surface area (Å²) in [5.41, 5.74) is 0.586. The molecule has 37 heavy (non-hydrogen) atoms. The largest absolute Gasteiger partial charge is 0.368 e. The first-order valence-electron chi connectivity index (χ1n) is 13.3. The van der Waals surface area contributed by atoms with Crippen molar-refractivity contribution in [2.24, 2.45) is 0 Å². The van der Waals surface area contributed by atoms with Crippen LogP contribution in [0, 0.1) is 0 Å². The number of amides is 3. The number of carbonyl (C=O) groups excluding carboxylic acids is 3. The van der Waals surface area contributed by atoms with E-state index in [1.165, 1.54) is 0 Å². The zero-order chi connectivity index (χ0) is 26.2. The van der Waals surface area contributed by atoms with Gasteiger partial charge in [-0.25, -0.2) is 0 Å². The van der Waals surface area contributed by atoms with Crippen molar-refractivity contribution in [2.45, 2.75) is 64.1 Å². The average Bonchev–Trinajstić information content (AvgIpc) is 3.56. The van der Waals surface area contributed by atoms with Crippen molar-refractivity contribution in [1.29, 1.82) is 0 Å². The molecule has 10 heteroatoms. The summed E-state index contributed by atoms with van der Waals surface area (Å²) in [5, 5.41) is 8.39. The van der Waals surface area contributed by atoms with Crippen LogP contribution in [0.3, 0.4) is 0 Å². The fourth-order valence-electron chi connectivity index (χ4n) is 5.73. The molecule has 1 N–H and O–H groups in total. The van der Waals surface area contributed by atoms with Crippen LogP contribution in [0.5, 0.6) is 0 Å². The van der Waals surface area contributed by atoms with Gasteiger partial charge in [0.2, 0.25) is 5.91 Å². The van der Waals surface area contributed by atoms with Crippen molar-refractivity contribution in [3.63, 3.8) is 0 Å². The van der Waals surface area contributed by atoms with Gasteiger partial charge in [0.1, 0.15) is 11.2 Å². The zero-order valence-corrected chi connectivity index (χ0v) is 22.3. The van der Waals surface area contributed by atoms with Gasteiger partial charge in [0, 0.05) is 55.5 Å². The van der Waals surface area contributed by atoms with Crippen molar-refractivity contribution in [1.82, 2.24) is 24.9 Å². The third-order valence-corrected chi connectivity index (χ3v) is 8.12. The number of hydrogen-bond donors (Lipinski definition) is 1. The van der Waals surface area contributed by atoms with Crippen molar-refractivity contribution in [3.8, 4) is 0 Å². The second kappa shape index (κ2) is 10.4. The second-order valence-corrected chi connectivity index (χ2v) is 11.0. The van der Waals surface area contributed by atoms with E-state index >= 15 is 0 Å². The number of carbonyl (C=O) groups is 3. The lowest BCUT2D eigenvalue weighted by Gasteiger charge is -2.43. The Bertz CT molecular complexity index is 1180. The summed E-state index contributed by atoms with van der Waals surface area (Å²) in [5.74, 6) is -0.596. The normalized spacial score (nSPS) is 22.4. The Morgan fingerprint density at radius 3 is 2.54 bits per heavy atom. The van der Waals surface area contributed by atoms with Gasteiger partial charge in [-0.3, -0.25) is 19.1 Å². The first kappa shape index (κ1) is 25.6. The second-order valence-electron chi connectivity index (χ2n) is 10.5. The summed E-state index contributed by atoms with van der Waals surface area (Å²) < 4.78 is 1.55. The summed E-state index contributed by atoms with van der Waals surface area (Å²) in [6.45, 7) is 6.95. The molecule has 9 nitrogen and oxygen atoms in total. The van der Waals surface area contributed by atoms with Crippen molar-refractivity contribution < 1.29 is 14.4 Å². The minimum absolute atomic E-state index is 0.146. The monoisotopic (exact) mass is 526 g/mol. The molecule has 0 bridgehead atoms. The number of anilines is 1. The highest BCUT2D eigenvalue weighted by Crippen LogP contribution is 2.29. The first-order valence-corrected chi connectivity index (χ1v) is 13.7. The number of benzene rings is 1. The van der Waals surface area contributed by atoms with E-state index in [-0.39, 0.29) is 36.0 Å². The maximum Gasteiger partial charge on any atom is 0.274 e. The molecular formula is C27H35ClN6O3. The predicted octanol–water partition coefficient (Wildman–Crippen LogP) is 3.18. The summed E-state index contributed by atoms with van der Waals surface area (Å²) >= 11 is 6.14. The summed E-state index contributed by atoms with van der Waals surface area (Å²) in [6.07, 6.45) is 4.90. The topological polar surface area (TPSA) is 90.8 Å². The third-order valence-electron chi connectivity index (χ3n) is 7.88. The molecule has 5 rings (SSSR count). The highest BCUT2D eigenvalue weighted by Gasteiger charge is 2.48. The number of fused-ring (bicyclic) bond motifs is 1. The summed E-state index contributed by atoms with van der Waals surface area (Å²) in [7, 11) is 0. The smallest absolute Gasteiger partial charge is 0.274 e. The molecule has 3 heterocycles. The molecule has 1 atom stereocenters. The van der Waals surface area contributed by atoms with E-state index in [4.69, 9.17) is 11.6 Å². The van der Waals surface area contributed by atoms with E-state index in [0.717, 1.165) is 37.8 Å². The number of aromatic nitrogens is 2. The van der Waals surface area contributed by atoms with E-state index in [9.17, 15) is 14.4 Å². The van der Waals surface area contributed by atoms with Crippen LogP contribution in [0.2, 0.25) is 5.02 Å². The summed E-state index contributed by atoms with van der Waals surface area (Å²) in [6, 6.07) is 9.45. The molecule has 2 aliphatic heterocycles. The third kappa shape index (κ3) is 4.93. The molecule has 1 aromatic carbocycles. The van der Waals surface area contributed by atoms with Crippen LogP contribution in [-0.2, 0) is 11.3 Å². The van der Waals surface area contributed by atoms with Crippen LogP contribution in [0.1, 0.15) is 66.9 Å². The van der Waals surface area contributed by atoms with E-state index in [2.05, 4.69) is 15.3 Å². The fourth-order valence-corrected chi connectivity index (χ4v) is 5.92.